The quantitative estimate of drug-likeness (QED) is 0.154. The standard InChI is InChI=1S/C95H56/c1-3-34-77-75(32-1)91(59-47-50-74-71-31-13-22-44-87(71)95(90(74)56-59)83-40-18-9-27-67(83)68-28-10-19-41-84(68)95)76-33-2-4-35-78(76)92(77)62-52-60(57-45-48-72-69-29-11-20-42-85(69)93(88(72)54-57)79-36-14-5-23-63(79)64-24-6-15-37-80(64)93)51-61(53-62)58-46-49-73-70-30-12-21-43-86(70)94(89(73)55-58)81-38-16-7-25-65(81)66-26-8-17-39-82(66)94/h1-56H. The molecule has 0 heteroatoms. The topological polar surface area (TPSA) is 0 Å². The summed E-state index contributed by atoms with van der Waals surface area (Å²) in [4.78, 5) is 0. The molecule has 0 fully saturated rings. The van der Waals surface area contributed by atoms with Crippen molar-refractivity contribution in [3.63, 3.8) is 0 Å². The van der Waals surface area contributed by atoms with Crippen LogP contribution in [-0.4, -0.2) is 0 Å². The molecular formula is C95H56. The Kier molecular flexibility index (Phi) is 10.1. The summed E-state index contributed by atoms with van der Waals surface area (Å²) in [5.41, 5.74) is 40.0. The first-order valence-corrected chi connectivity index (χ1v) is 33.5. The summed E-state index contributed by atoms with van der Waals surface area (Å²) in [6.07, 6.45) is 0. The maximum atomic E-state index is 2.57. The van der Waals surface area contributed by atoms with Gasteiger partial charge in [0.15, 0.2) is 0 Å². The van der Waals surface area contributed by atoms with Crippen molar-refractivity contribution in [3.05, 3.63) is 406 Å². The Morgan fingerprint density at radius 2 is 0.316 bits per heavy atom. The molecule has 6 aliphatic carbocycles. The number of fused-ring (bicyclic) bond motifs is 32. The summed E-state index contributed by atoms with van der Waals surface area (Å²) in [7, 11) is 0. The van der Waals surface area contributed by atoms with Gasteiger partial charge in [-0.05, 0) is 236 Å². The predicted molar refractivity (Wildman–Crippen MR) is 392 cm³/mol. The molecule has 0 bridgehead atoms. The molecule has 0 aliphatic heterocycles. The van der Waals surface area contributed by atoms with Gasteiger partial charge >= 0.3 is 0 Å². The fourth-order valence-corrected chi connectivity index (χ4v) is 19.7. The highest BCUT2D eigenvalue weighted by Gasteiger charge is 2.55. The molecule has 22 rings (SSSR count). The van der Waals surface area contributed by atoms with Crippen LogP contribution in [0, 0.1) is 0 Å². The highest BCUT2D eigenvalue weighted by molar-refractivity contribution is 6.22. The van der Waals surface area contributed by atoms with Crippen molar-refractivity contribution in [2.24, 2.45) is 0 Å². The summed E-state index contributed by atoms with van der Waals surface area (Å²) >= 11 is 0. The molecule has 0 saturated heterocycles. The second-order valence-corrected chi connectivity index (χ2v) is 27.1. The lowest BCUT2D eigenvalue weighted by atomic mass is 9.70. The molecule has 0 saturated carbocycles. The number of hydrogen-bond donors (Lipinski definition) is 0. The molecule has 436 valence electrons. The maximum absolute atomic E-state index is 2.57. The SMILES string of the molecule is c1ccc2c(c1)-c1ccccc1C21c2ccccc2-c2ccc(-c3cc(-c4ccc5c(c4)C4(c6ccccc6-c6ccccc64)c4ccccc4-5)cc(-c4c5ccccc5c(-c5ccc6c(c5)C5(c7ccccc7-c7ccccc75)c5ccccc5-6)c5ccccc45)c3)cc21. The molecular weight excluding hydrogens is 1140 g/mol. The molecule has 0 nitrogen and oxygen atoms in total. The molecule has 16 aromatic rings. The lowest BCUT2D eigenvalue weighted by Gasteiger charge is -2.31. The van der Waals surface area contributed by atoms with E-state index in [2.05, 4.69) is 340 Å². The van der Waals surface area contributed by atoms with Crippen molar-refractivity contribution in [3.8, 4) is 111 Å². The molecule has 16 aromatic carbocycles. The lowest BCUT2D eigenvalue weighted by Crippen LogP contribution is -2.25. The summed E-state index contributed by atoms with van der Waals surface area (Å²) < 4.78 is 0. The van der Waals surface area contributed by atoms with Gasteiger partial charge in [0.25, 0.3) is 0 Å². The zero-order valence-corrected chi connectivity index (χ0v) is 51.8. The average Bonchev–Trinajstić information content (AvgIpc) is 1.52. The largest absolute Gasteiger partial charge is 0.0725 e. The summed E-state index contributed by atoms with van der Waals surface area (Å²) in [5.74, 6) is 0. The monoisotopic (exact) mass is 1200 g/mol. The molecule has 0 aromatic heterocycles. The van der Waals surface area contributed by atoms with E-state index in [1.54, 1.807) is 0 Å². The van der Waals surface area contributed by atoms with Crippen LogP contribution in [0.3, 0.4) is 0 Å². The van der Waals surface area contributed by atoms with Gasteiger partial charge in [0.05, 0.1) is 16.2 Å². The molecule has 0 unspecified atom stereocenters. The smallest absolute Gasteiger partial charge is 0.0619 e. The fourth-order valence-electron chi connectivity index (χ4n) is 19.7. The van der Waals surface area contributed by atoms with Gasteiger partial charge in [-0.1, -0.05) is 303 Å². The minimum atomic E-state index is -0.487. The van der Waals surface area contributed by atoms with Crippen LogP contribution in [-0.2, 0) is 16.2 Å². The minimum absolute atomic E-state index is 0.466. The van der Waals surface area contributed by atoms with Crippen molar-refractivity contribution in [2.75, 3.05) is 0 Å². The van der Waals surface area contributed by atoms with Crippen LogP contribution < -0.4 is 0 Å². The first kappa shape index (κ1) is 51.6. The Bertz CT molecular complexity index is 5660. The minimum Gasteiger partial charge on any atom is -0.0619 e. The molecule has 0 radical (unpaired) electrons. The van der Waals surface area contributed by atoms with E-state index in [1.807, 2.05) is 0 Å². The van der Waals surface area contributed by atoms with Gasteiger partial charge in [0.1, 0.15) is 0 Å². The molecule has 0 heterocycles. The Morgan fingerprint density at radius 1 is 0.126 bits per heavy atom. The molecule has 6 aliphatic rings. The highest BCUT2D eigenvalue weighted by Crippen LogP contribution is 2.67. The van der Waals surface area contributed by atoms with Crippen molar-refractivity contribution >= 4 is 21.5 Å². The van der Waals surface area contributed by atoms with E-state index in [4.69, 9.17) is 0 Å². The Hall–Kier alpha value is -12.0. The van der Waals surface area contributed by atoms with E-state index in [-0.39, 0.29) is 0 Å². The van der Waals surface area contributed by atoms with Crippen LogP contribution in [0.15, 0.2) is 340 Å². The van der Waals surface area contributed by atoms with Crippen LogP contribution in [0.25, 0.3) is 133 Å². The van der Waals surface area contributed by atoms with Gasteiger partial charge in [-0.25, -0.2) is 0 Å². The second-order valence-electron chi connectivity index (χ2n) is 27.1. The zero-order chi connectivity index (χ0) is 61.9. The third kappa shape index (κ3) is 6.33. The zero-order valence-electron chi connectivity index (χ0n) is 51.8. The molecule has 0 amide bonds. The van der Waals surface area contributed by atoms with Gasteiger partial charge in [0, 0.05) is 0 Å². The van der Waals surface area contributed by atoms with Gasteiger partial charge < -0.3 is 0 Å². The third-order valence-electron chi connectivity index (χ3n) is 23.1. The first-order chi connectivity index (χ1) is 47.1. The van der Waals surface area contributed by atoms with Crippen LogP contribution >= 0.6 is 0 Å². The lowest BCUT2D eigenvalue weighted by molar-refractivity contribution is 0.794. The summed E-state index contributed by atoms with van der Waals surface area (Å²) in [6.45, 7) is 0. The Labute approximate surface area is 552 Å². The van der Waals surface area contributed by atoms with E-state index < -0.39 is 16.2 Å². The Balaban J connectivity index is 0.801. The van der Waals surface area contributed by atoms with E-state index in [0.717, 1.165) is 0 Å². The average molecular weight is 1200 g/mol. The number of rotatable bonds is 4. The van der Waals surface area contributed by atoms with Crippen LogP contribution in [0.5, 0.6) is 0 Å². The summed E-state index contributed by atoms with van der Waals surface area (Å²) in [5, 5.41) is 4.92. The second kappa shape index (κ2) is 18.6. The summed E-state index contributed by atoms with van der Waals surface area (Å²) in [6, 6.07) is 131. The van der Waals surface area contributed by atoms with Crippen LogP contribution in [0.2, 0.25) is 0 Å². The van der Waals surface area contributed by atoms with Gasteiger partial charge in [-0.2, -0.15) is 0 Å². The number of hydrogen-bond acceptors (Lipinski definition) is 0. The fraction of sp³-hybridized carbons (Fsp3) is 0.0316. The number of benzene rings is 16. The van der Waals surface area contributed by atoms with Crippen molar-refractivity contribution < 1.29 is 0 Å². The predicted octanol–water partition coefficient (Wildman–Crippen LogP) is 23.7. The van der Waals surface area contributed by atoms with Gasteiger partial charge in [-0.15, -0.1) is 0 Å². The molecule has 0 atom stereocenters. The van der Waals surface area contributed by atoms with E-state index in [9.17, 15) is 0 Å². The van der Waals surface area contributed by atoms with Crippen molar-refractivity contribution in [2.45, 2.75) is 16.2 Å². The molecule has 0 N–H and O–H groups in total. The third-order valence-corrected chi connectivity index (χ3v) is 23.1. The van der Waals surface area contributed by atoms with Crippen LogP contribution in [0.1, 0.15) is 66.8 Å². The highest BCUT2D eigenvalue weighted by atomic mass is 14.6. The first-order valence-electron chi connectivity index (χ1n) is 33.5. The van der Waals surface area contributed by atoms with E-state index in [0.29, 0.717) is 0 Å². The van der Waals surface area contributed by atoms with E-state index in [1.165, 1.54) is 200 Å². The van der Waals surface area contributed by atoms with Crippen molar-refractivity contribution in [1.29, 1.82) is 0 Å². The molecule has 3 spiro atoms. The van der Waals surface area contributed by atoms with Crippen molar-refractivity contribution in [1.82, 2.24) is 0 Å². The van der Waals surface area contributed by atoms with Gasteiger partial charge in [0.2, 0.25) is 0 Å². The molecule has 95 heavy (non-hydrogen) atoms. The normalized spacial score (nSPS) is 14.6. The van der Waals surface area contributed by atoms with Gasteiger partial charge in [-0.3, -0.25) is 0 Å². The maximum Gasteiger partial charge on any atom is 0.0725 e. The van der Waals surface area contributed by atoms with E-state index >= 15 is 0 Å². The van der Waals surface area contributed by atoms with Crippen LogP contribution in [0.4, 0.5) is 0 Å². The Morgan fingerprint density at radius 3 is 0.579 bits per heavy atom.